The molecule has 1 saturated heterocycles. The maximum absolute atomic E-state index is 8.29. The molecule has 1 aliphatic rings. The quantitative estimate of drug-likeness (QED) is 0.456. The van der Waals surface area contributed by atoms with Crippen molar-refractivity contribution in [3.05, 3.63) is 34.7 Å². The molecule has 0 unspecified atom stereocenters. The highest BCUT2D eigenvalue weighted by atomic mass is 16.5. The molecule has 0 atom stereocenters. The molecule has 1 heterocycles. The Bertz CT molecular complexity index is 409. The van der Waals surface area contributed by atoms with Gasteiger partial charge in [0.05, 0.1) is 13.2 Å². The van der Waals surface area contributed by atoms with E-state index in [0.29, 0.717) is 12.3 Å². The molecule has 0 aliphatic carbocycles. The zero-order valence-electron chi connectivity index (χ0n) is 10.2. The molecule has 18 heavy (non-hydrogen) atoms. The monoisotopic (exact) mass is 248 g/mol. The second-order valence-electron chi connectivity index (χ2n) is 3.99. The number of nitrogens with zero attached hydrogens (tertiary/aromatic N) is 4. The first-order valence-electron chi connectivity index (χ1n) is 5.96. The van der Waals surface area contributed by atoms with Crippen LogP contribution in [0.4, 0.5) is 5.69 Å². The van der Waals surface area contributed by atoms with Crippen molar-refractivity contribution in [1.82, 2.24) is 4.90 Å². The Morgan fingerprint density at radius 2 is 2.00 bits per heavy atom. The lowest BCUT2D eigenvalue weighted by molar-refractivity contribution is 0.0322. The largest absolute Gasteiger partial charge is 0.492 e. The van der Waals surface area contributed by atoms with Gasteiger partial charge in [0.25, 0.3) is 0 Å². The predicted octanol–water partition coefficient (Wildman–Crippen LogP) is 2.34. The van der Waals surface area contributed by atoms with Crippen molar-refractivity contribution in [3.63, 3.8) is 0 Å². The van der Waals surface area contributed by atoms with E-state index in [4.69, 9.17) is 15.0 Å². The lowest BCUT2D eigenvalue weighted by Crippen LogP contribution is -2.38. The topological polar surface area (TPSA) is 70.5 Å². The molecule has 0 radical (unpaired) electrons. The van der Waals surface area contributed by atoms with Crippen LogP contribution in [-0.4, -0.2) is 44.4 Å². The van der Waals surface area contributed by atoms with Gasteiger partial charge in [-0.1, -0.05) is 5.11 Å². The molecule has 0 bridgehead atoms. The maximum atomic E-state index is 8.29. The van der Waals surface area contributed by atoms with Crippen LogP contribution in [0.25, 0.3) is 10.4 Å². The van der Waals surface area contributed by atoms with Gasteiger partial charge >= 0.3 is 0 Å². The standard InChI is InChI=1S/C12H16N4O2/c13-15-14-11-1-3-12(4-2-11)18-10-7-16-5-8-17-9-6-16/h1-4H,5-10H2. The minimum Gasteiger partial charge on any atom is -0.492 e. The lowest BCUT2D eigenvalue weighted by atomic mass is 10.3. The highest BCUT2D eigenvalue weighted by Crippen LogP contribution is 2.18. The molecule has 96 valence electrons. The summed E-state index contributed by atoms with van der Waals surface area (Å²) >= 11 is 0. The summed E-state index contributed by atoms with van der Waals surface area (Å²) in [4.78, 5) is 5.04. The van der Waals surface area contributed by atoms with Crippen LogP contribution in [0.1, 0.15) is 0 Å². The highest BCUT2D eigenvalue weighted by Gasteiger charge is 2.09. The molecular weight excluding hydrogens is 232 g/mol. The summed E-state index contributed by atoms with van der Waals surface area (Å²) in [6.45, 7) is 5.11. The molecule has 0 saturated carbocycles. The van der Waals surface area contributed by atoms with Crippen LogP contribution < -0.4 is 4.74 Å². The van der Waals surface area contributed by atoms with E-state index in [1.54, 1.807) is 12.1 Å². The molecule has 0 spiro atoms. The number of rotatable bonds is 5. The van der Waals surface area contributed by atoms with Crippen LogP contribution in [0.5, 0.6) is 5.75 Å². The Kier molecular flexibility index (Phi) is 4.84. The van der Waals surface area contributed by atoms with E-state index >= 15 is 0 Å². The molecule has 1 aliphatic heterocycles. The zero-order valence-corrected chi connectivity index (χ0v) is 10.2. The van der Waals surface area contributed by atoms with Crippen molar-refractivity contribution >= 4 is 5.69 Å². The first-order valence-corrected chi connectivity index (χ1v) is 5.96. The van der Waals surface area contributed by atoms with Crippen molar-refractivity contribution in [2.24, 2.45) is 5.11 Å². The molecule has 6 heteroatoms. The van der Waals surface area contributed by atoms with Gasteiger partial charge in [0.2, 0.25) is 0 Å². The minimum atomic E-state index is 0.595. The normalized spacial score (nSPS) is 16.0. The van der Waals surface area contributed by atoms with E-state index in [1.165, 1.54) is 0 Å². The Hall–Kier alpha value is -1.75. The van der Waals surface area contributed by atoms with Gasteiger partial charge in [-0.2, -0.15) is 0 Å². The second-order valence-corrected chi connectivity index (χ2v) is 3.99. The van der Waals surface area contributed by atoms with Crippen LogP contribution >= 0.6 is 0 Å². The summed E-state index contributed by atoms with van der Waals surface area (Å²) < 4.78 is 10.9. The van der Waals surface area contributed by atoms with Gasteiger partial charge in [-0.3, -0.25) is 4.90 Å². The molecule has 0 N–H and O–H groups in total. The van der Waals surface area contributed by atoms with Gasteiger partial charge in [-0.05, 0) is 29.8 Å². The molecule has 0 amide bonds. The molecule has 1 fully saturated rings. The van der Waals surface area contributed by atoms with Gasteiger partial charge in [-0.25, -0.2) is 0 Å². The van der Waals surface area contributed by atoms with Crippen LogP contribution in [0, 0.1) is 0 Å². The minimum absolute atomic E-state index is 0.595. The van der Waals surface area contributed by atoms with E-state index in [-0.39, 0.29) is 0 Å². The number of azide groups is 1. The predicted molar refractivity (Wildman–Crippen MR) is 68.0 cm³/mol. The average molecular weight is 248 g/mol. The van der Waals surface area contributed by atoms with E-state index < -0.39 is 0 Å². The number of morpholine rings is 1. The lowest BCUT2D eigenvalue weighted by Gasteiger charge is -2.26. The molecule has 1 aromatic rings. The van der Waals surface area contributed by atoms with Crippen molar-refractivity contribution in [1.29, 1.82) is 0 Å². The third-order valence-electron chi connectivity index (χ3n) is 2.78. The second kappa shape index (κ2) is 6.86. The van der Waals surface area contributed by atoms with Gasteiger partial charge in [0.15, 0.2) is 0 Å². The fourth-order valence-electron chi connectivity index (χ4n) is 1.78. The first kappa shape index (κ1) is 12.7. The van der Waals surface area contributed by atoms with Crippen LogP contribution in [0.2, 0.25) is 0 Å². The number of hydrogen-bond donors (Lipinski definition) is 0. The first-order chi connectivity index (χ1) is 8.88. The van der Waals surface area contributed by atoms with Crippen molar-refractivity contribution in [2.75, 3.05) is 39.5 Å². The molecule has 1 aromatic carbocycles. The summed E-state index contributed by atoms with van der Waals surface area (Å²) in [5, 5.41) is 3.50. The Labute approximate surface area is 106 Å². The van der Waals surface area contributed by atoms with Gasteiger partial charge in [0, 0.05) is 30.2 Å². The summed E-state index contributed by atoms with van der Waals surface area (Å²) in [6.07, 6.45) is 0. The van der Waals surface area contributed by atoms with Gasteiger partial charge in [-0.15, -0.1) is 0 Å². The average Bonchev–Trinajstić information content (AvgIpc) is 2.42. The number of benzene rings is 1. The maximum Gasteiger partial charge on any atom is 0.119 e. The third kappa shape index (κ3) is 3.92. The van der Waals surface area contributed by atoms with Crippen molar-refractivity contribution in [3.8, 4) is 5.75 Å². The third-order valence-corrected chi connectivity index (χ3v) is 2.78. The SMILES string of the molecule is [N-]=[N+]=Nc1ccc(OCCN2CCOCC2)cc1. The van der Waals surface area contributed by atoms with Crippen LogP contribution in [0.15, 0.2) is 29.4 Å². The Balaban J connectivity index is 1.74. The van der Waals surface area contributed by atoms with E-state index in [1.807, 2.05) is 12.1 Å². The van der Waals surface area contributed by atoms with E-state index in [0.717, 1.165) is 38.6 Å². The molecule has 2 rings (SSSR count). The smallest absolute Gasteiger partial charge is 0.119 e. The Morgan fingerprint density at radius 1 is 1.28 bits per heavy atom. The van der Waals surface area contributed by atoms with Crippen LogP contribution in [0.3, 0.4) is 0 Å². The molecule has 6 nitrogen and oxygen atoms in total. The van der Waals surface area contributed by atoms with Gasteiger partial charge in [0.1, 0.15) is 12.4 Å². The fourth-order valence-corrected chi connectivity index (χ4v) is 1.78. The molecular formula is C12H16N4O2. The van der Waals surface area contributed by atoms with Crippen LogP contribution in [-0.2, 0) is 4.74 Å². The zero-order chi connectivity index (χ0) is 12.6. The number of ether oxygens (including phenoxy) is 2. The van der Waals surface area contributed by atoms with Crippen molar-refractivity contribution < 1.29 is 9.47 Å². The summed E-state index contributed by atoms with van der Waals surface area (Å²) in [7, 11) is 0. The highest BCUT2D eigenvalue weighted by molar-refractivity contribution is 5.40. The summed E-state index contributed by atoms with van der Waals surface area (Å²) in [6, 6.07) is 7.10. The summed E-state index contributed by atoms with van der Waals surface area (Å²) in [5.74, 6) is 0.792. The molecule has 0 aromatic heterocycles. The fraction of sp³-hybridized carbons (Fsp3) is 0.500. The number of hydrogen-bond acceptors (Lipinski definition) is 4. The van der Waals surface area contributed by atoms with E-state index in [2.05, 4.69) is 14.9 Å². The van der Waals surface area contributed by atoms with Gasteiger partial charge < -0.3 is 9.47 Å². The summed E-state index contributed by atoms with van der Waals surface area (Å²) in [5.41, 5.74) is 8.88. The Morgan fingerprint density at radius 3 is 2.67 bits per heavy atom. The van der Waals surface area contributed by atoms with E-state index in [9.17, 15) is 0 Å². The van der Waals surface area contributed by atoms with Crippen molar-refractivity contribution in [2.45, 2.75) is 0 Å².